The first-order valence-electron chi connectivity index (χ1n) is 11.5. The number of aliphatic hydroxyl groups is 2. The second-order valence-corrected chi connectivity index (χ2v) is 11.3. The summed E-state index contributed by atoms with van der Waals surface area (Å²) in [6.45, 7) is 1.66. The van der Waals surface area contributed by atoms with Crippen LogP contribution < -0.4 is 16.4 Å². The second kappa shape index (κ2) is 12.7. The van der Waals surface area contributed by atoms with Crippen LogP contribution in [0, 0.1) is 0 Å². The van der Waals surface area contributed by atoms with Crippen molar-refractivity contribution in [1.29, 1.82) is 0 Å². The van der Waals surface area contributed by atoms with Crippen LogP contribution in [0.5, 0.6) is 0 Å². The topological polar surface area (TPSA) is 274 Å². The SMILES string of the molecule is CC(=O)NCCCCCCNc1nc2c(N)ncnc2n1[C@@H]1O[C@H](COP(=O)(O)OP(=O)(O)O)[C@@H](O)[C@H]1O. The molecule has 0 radical (unpaired) electrons. The molecule has 0 aliphatic carbocycles. The van der Waals surface area contributed by atoms with Gasteiger partial charge in [0, 0.05) is 20.0 Å². The van der Waals surface area contributed by atoms with Crippen molar-refractivity contribution in [3.8, 4) is 0 Å². The van der Waals surface area contributed by atoms with Gasteiger partial charge in [-0.05, 0) is 12.8 Å². The van der Waals surface area contributed by atoms with Gasteiger partial charge in [-0.15, -0.1) is 0 Å². The van der Waals surface area contributed by atoms with E-state index in [-0.39, 0.29) is 28.8 Å². The zero-order valence-electron chi connectivity index (χ0n) is 20.3. The molecule has 3 rings (SSSR count). The summed E-state index contributed by atoms with van der Waals surface area (Å²) in [5.41, 5.74) is 6.29. The van der Waals surface area contributed by atoms with Gasteiger partial charge in [0.1, 0.15) is 24.6 Å². The van der Waals surface area contributed by atoms with Crippen LogP contribution in [0.15, 0.2) is 6.33 Å². The maximum absolute atomic E-state index is 11.8. The zero-order chi connectivity index (χ0) is 28.1. The summed E-state index contributed by atoms with van der Waals surface area (Å²) in [6, 6.07) is 0. The van der Waals surface area contributed by atoms with Gasteiger partial charge < -0.3 is 46.0 Å². The number of imidazole rings is 1. The summed E-state index contributed by atoms with van der Waals surface area (Å²) in [5, 5.41) is 27.0. The van der Waals surface area contributed by atoms with E-state index >= 15 is 0 Å². The fraction of sp³-hybridized carbons (Fsp3) is 0.667. The minimum atomic E-state index is -5.35. The number of carbonyl (C=O) groups excluding carboxylic acids is 1. The van der Waals surface area contributed by atoms with E-state index in [2.05, 4.69) is 34.4 Å². The van der Waals surface area contributed by atoms with Gasteiger partial charge in [0.05, 0.1) is 6.61 Å². The van der Waals surface area contributed by atoms with E-state index in [0.717, 1.165) is 25.7 Å². The van der Waals surface area contributed by atoms with Crippen LogP contribution >= 0.6 is 15.6 Å². The minimum Gasteiger partial charge on any atom is -0.387 e. The Morgan fingerprint density at radius 1 is 1.13 bits per heavy atom. The lowest BCUT2D eigenvalue weighted by Crippen LogP contribution is -2.33. The number of hydrogen-bond donors (Lipinski definition) is 8. The summed E-state index contributed by atoms with van der Waals surface area (Å²) >= 11 is 0. The number of ether oxygens (including phenoxy) is 1. The number of nitrogen functional groups attached to an aromatic ring is 1. The third-order valence-corrected chi connectivity index (χ3v) is 7.62. The molecule has 1 aliphatic rings. The van der Waals surface area contributed by atoms with Crippen molar-refractivity contribution in [2.45, 2.75) is 57.1 Å². The number of nitrogens with two attached hydrogens (primary N) is 1. The lowest BCUT2D eigenvalue weighted by molar-refractivity contribution is -0.118. The van der Waals surface area contributed by atoms with Gasteiger partial charge in [-0.1, -0.05) is 12.8 Å². The predicted molar refractivity (Wildman–Crippen MR) is 130 cm³/mol. The highest BCUT2D eigenvalue weighted by molar-refractivity contribution is 7.60. The first-order valence-corrected chi connectivity index (χ1v) is 14.5. The van der Waals surface area contributed by atoms with E-state index in [4.69, 9.17) is 20.3 Å². The molecule has 9 N–H and O–H groups in total. The first kappa shape index (κ1) is 30.3. The monoisotopic (exact) mass is 583 g/mol. The van der Waals surface area contributed by atoms with Crippen molar-refractivity contribution in [1.82, 2.24) is 24.8 Å². The predicted octanol–water partition coefficient (Wildman–Crippen LogP) is -0.638. The number of nitrogens with one attached hydrogen (secondary N) is 2. The molecule has 1 aliphatic heterocycles. The van der Waals surface area contributed by atoms with Gasteiger partial charge >= 0.3 is 15.6 Å². The Hall–Kier alpha value is -2.24. The zero-order valence-corrected chi connectivity index (χ0v) is 22.1. The Labute approximate surface area is 216 Å². The van der Waals surface area contributed by atoms with Crippen LogP contribution in [0.4, 0.5) is 11.8 Å². The molecule has 1 unspecified atom stereocenters. The van der Waals surface area contributed by atoms with Crippen LogP contribution in [0.1, 0.15) is 38.8 Å². The number of hydrogen-bond acceptors (Lipinski definition) is 13. The van der Waals surface area contributed by atoms with Crippen molar-refractivity contribution in [2.75, 3.05) is 30.7 Å². The van der Waals surface area contributed by atoms with Crippen LogP contribution in [-0.2, 0) is 27.5 Å². The molecule has 0 bridgehead atoms. The summed E-state index contributed by atoms with van der Waals surface area (Å²) in [4.78, 5) is 50.3. The number of rotatable bonds is 14. The quantitative estimate of drug-likeness (QED) is 0.101. The van der Waals surface area contributed by atoms with E-state index in [0.29, 0.717) is 13.1 Å². The Morgan fingerprint density at radius 3 is 2.47 bits per heavy atom. The van der Waals surface area contributed by atoms with E-state index in [1.807, 2.05) is 0 Å². The number of anilines is 2. The van der Waals surface area contributed by atoms with Gasteiger partial charge in [-0.3, -0.25) is 13.9 Å². The number of amides is 1. The van der Waals surface area contributed by atoms with Crippen molar-refractivity contribution in [3.63, 3.8) is 0 Å². The maximum atomic E-state index is 11.8. The Balaban J connectivity index is 1.70. The van der Waals surface area contributed by atoms with Gasteiger partial charge in [0.2, 0.25) is 11.9 Å². The molecular weight excluding hydrogens is 552 g/mol. The number of fused-ring (bicyclic) bond motifs is 1. The number of aromatic nitrogens is 4. The van der Waals surface area contributed by atoms with E-state index in [1.165, 1.54) is 17.8 Å². The molecule has 5 atom stereocenters. The number of nitrogens with zero attached hydrogens (tertiary/aromatic N) is 4. The average molecular weight is 583 g/mol. The number of carbonyl (C=O) groups is 1. The highest BCUT2D eigenvalue weighted by atomic mass is 31.3. The fourth-order valence-corrected chi connectivity index (χ4v) is 5.37. The number of phosphoric acid groups is 2. The van der Waals surface area contributed by atoms with Crippen LogP contribution in [0.25, 0.3) is 11.2 Å². The fourth-order valence-electron chi connectivity index (χ4n) is 3.77. The smallest absolute Gasteiger partial charge is 0.387 e. The molecular formula is C18H31N7O11P2. The summed E-state index contributed by atoms with van der Waals surface area (Å²) in [5.74, 6) is 0.169. The molecule has 0 saturated carbocycles. The molecule has 2 aromatic heterocycles. The molecule has 1 saturated heterocycles. The average Bonchev–Trinajstić information content (AvgIpc) is 3.30. The molecule has 214 valence electrons. The normalized spacial score (nSPS) is 23.4. The highest BCUT2D eigenvalue weighted by Gasteiger charge is 2.46. The Morgan fingerprint density at radius 2 is 1.82 bits per heavy atom. The third kappa shape index (κ3) is 8.13. The number of unbranched alkanes of at least 4 members (excludes halogenated alkanes) is 3. The second-order valence-electron chi connectivity index (χ2n) is 8.44. The third-order valence-electron chi connectivity index (χ3n) is 5.47. The Kier molecular flexibility index (Phi) is 10.2. The first-order chi connectivity index (χ1) is 17.8. The molecule has 0 spiro atoms. The maximum Gasteiger partial charge on any atom is 0.481 e. The van der Waals surface area contributed by atoms with Crippen molar-refractivity contribution >= 4 is 44.5 Å². The molecule has 20 heteroatoms. The van der Waals surface area contributed by atoms with E-state index in [1.54, 1.807) is 0 Å². The molecule has 18 nitrogen and oxygen atoms in total. The van der Waals surface area contributed by atoms with Gasteiger partial charge in [0.25, 0.3) is 0 Å². The Bertz CT molecular complexity index is 1210. The molecule has 1 amide bonds. The summed E-state index contributed by atoms with van der Waals surface area (Å²) < 4.78 is 37.9. The van der Waals surface area contributed by atoms with E-state index < -0.39 is 46.8 Å². The van der Waals surface area contributed by atoms with Crippen LogP contribution in [-0.4, -0.2) is 88.3 Å². The molecule has 38 heavy (non-hydrogen) atoms. The van der Waals surface area contributed by atoms with Gasteiger partial charge in [0.15, 0.2) is 23.2 Å². The minimum absolute atomic E-state index is 0.0542. The van der Waals surface area contributed by atoms with Crippen molar-refractivity contribution in [2.24, 2.45) is 0 Å². The molecule has 0 aromatic carbocycles. The number of aliphatic hydroxyl groups excluding tert-OH is 2. The number of phosphoric ester groups is 1. The van der Waals surface area contributed by atoms with Crippen molar-refractivity contribution < 1.29 is 52.4 Å². The van der Waals surface area contributed by atoms with Gasteiger partial charge in [-0.25, -0.2) is 24.1 Å². The summed E-state index contributed by atoms with van der Waals surface area (Å²) in [7, 11) is -10.6. The lowest BCUT2D eigenvalue weighted by atomic mass is 10.1. The van der Waals surface area contributed by atoms with Gasteiger partial charge in [-0.2, -0.15) is 4.31 Å². The van der Waals surface area contributed by atoms with Crippen LogP contribution in [0.2, 0.25) is 0 Å². The molecule has 1 fully saturated rings. The lowest BCUT2D eigenvalue weighted by Gasteiger charge is -2.20. The highest BCUT2D eigenvalue weighted by Crippen LogP contribution is 2.57. The summed E-state index contributed by atoms with van der Waals surface area (Å²) in [6.07, 6.45) is -1.45. The van der Waals surface area contributed by atoms with Crippen molar-refractivity contribution in [3.05, 3.63) is 6.33 Å². The largest absolute Gasteiger partial charge is 0.481 e. The van der Waals surface area contributed by atoms with Crippen LogP contribution in [0.3, 0.4) is 0 Å². The standard InChI is InChI=1S/C18H31N7O11P2/c1-10(26)20-6-4-2-3-5-7-21-18-24-12-15(19)22-9-23-16(12)25(18)17-14(28)13(27)11(35-17)8-34-38(32,33)36-37(29,30)31/h9,11,13-14,17,27-28H,2-8H2,1H3,(H,20,26)(H,21,24)(H,32,33)(H2,19,22,23)(H2,29,30,31)/t11-,13-,14-,17-/m1/s1. The van der Waals surface area contributed by atoms with E-state index in [9.17, 15) is 29.0 Å². The molecule has 2 aromatic rings. The molecule has 3 heterocycles.